The first-order chi connectivity index (χ1) is 6.68. The van der Waals surface area contributed by atoms with Crippen molar-refractivity contribution >= 4 is 5.91 Å². The maximum Gasteiger partial charge on any atom is 0.244 e. The predicted octanol–water partition coefficient (Wildman–Crippen LogP) is 2.39. The second-order valence-corrected chi connectivity index (χ2v) is 4.81. The molecule has 2 aliphatic rings. The van der Waals surface area contributed by atoms with E-state index in [4.69, 9.17) is 5.73 Å². The van der Waals surface area contributed by atoms with E-state index in [-0.39, 0.29) is 5.91 Å². The number of amides is 1. The van der Waals surface area contributed by atoms with Crippen LogP contribution in [-0.2, 0) is 4.79 Å². The molecule has 0 aromatic heterocycles. The summed E-state index contributed by atoms with van der Waals surface area (Å²) in [6.45, 7) is 1.88. The minimum absolute atomic E-state index is 0.223. The third-order valence-corrected chi connectivity index (χ3v) is 3.98. The molecule has 0 aromatic carbocycles. The monoisotopic (exact) mass is 193 g/mol. The van der Waals surface area contributed by atoms with E-state index in [9.17, 15) is 4.79 Å². The molecule has 2 N–H and O–H groups in total. The number of fused-ring (bicyclic) bond motifs is 1. The highest BCUT2D eigenvalue weighted by Crippen LogP contribution is 2.45. The lowest BCUT2D eigenvalue weighted by Gasteiger charge is -2.23. The van der Waals surface area contributed by atoms with Crippen LogP contribution in [0.1, 0.15) is 45.4 Å². The third-order valence-electron chi connectivity index (χ3n) is 3.98. The van der Waals surface area contributed by atoms with Gasteiger partial charge in [-0.3, -0.25) is 4.79 Å². The standard InChI is InChI=1S/C12H19NO/c1-8(12(13)14)11-6-9-4-2-3-5-10(9)7-11/h9-10H,2-7H2,1H3,(H2,13,14)/t9-,10-/m0/s1. The van der Waals surface area contributed by atoms with Gasteiger partial charge < -0.3 is 5.73 Å². The Labute approximate surface area is 85.6 Å². The fraction of sp³-hybridized carbons (Fsp3) is 0.750. The minimum atomic E-state index is -0.223. The van der Waals surface area contributed by atoms with E-state index < -0.39 is 0 Å². The topological polar surface area (TPSA) is 43.1 Å². The molecule has 2 nitrogen and oxygen atoms in total. The number of nitrogens with two attached hydrogens (primary N) is 1. The second-order valence-electron chi connectivity index (χ2n) is 4.81. The Kier molecular flexibility index (Phi) is 2.62. The summed E-state index contributed by atoms with van der Waals surface area (Å²) in [5.41, 5.74) is 7.48. The van der Waals surface area contributed by atoms with Crippen LogP contribution >= 0.6 is 0 Å². The van der Waals surface area contributed by atoms with Crippen molar-refractivity contribution in [3.05, 3.63) is 11.1 Å². The van der Waals surface area contributed by atoms with Crippen molar-refractivity contribution in [3.8, 4) is 0 Å². The first-order valence-corrected chi connectivity index (χ1v) is 5.67. The first-order valence-electron chi connectivity index (χ1n) is 5.67. The van der Waals surface area contributed by atoms with Crippen molar-refractivity contribution in [1.29, 1.82) is 0 Å². The van der Waals surface area contributed by atoms with Gasteiger partial charge in [-0.1, -0.05) is 18.4 Å². The van der Waals surface area contributed by atoms with Crippen molar-refractivity contribution in [2.24, 2.45) is 17.6 Å². The van der Waals surface area contributed by atoms with Gasteiger partial charge in [-0.2, -0.15) is 0 Å². The molecule has 2 atom stereocenters. The zero-order chi connectivity index (χ0) is 10.1. The SMILES string of the molecule is CC(C(N)=O)=C1C[C@@H]2CCCC[C@H]2C1. The number of rotatable bonds is 1. The number of carbonyl (C=O) groups excluding carboxylic acids is 1. The van der Waals surface area contributed by atoms with E-state index >= 15 is 0 Å². The van der Waals surface area contributed by atoms with Gasteiger partial charge in [0.1, 0.15) is 0 Å². The van der Waals surface area contributed by atoms with Crippen molar-refractivity contribution in [2.45, 2.75) is 45.4 Å². The van der Waals surface area contributed by atoms with E-state index in [1.165, 1.54) is 31.3 Å². The van der Waals surface area contributed by atoms with Crippen molar-refractivity contribution in [1.82, 2.24) is 0 Å². The van der Waals surface area contributed by atoms with Gasteiger partial charge in [0.25, 0.3) is 0 Å². The van der Waals surface area contributed by atoms with Crippen LogP contribution in [0.3, 0.4) is 0 Å². The Morgan fingerprint density at radius 2 is 1.71 bits per heavy atom. The van der Waals surface area contributed by atoms with Crippen molar-refractivity contribution < 1.29 is 4.79 Å². The highest BCUT2D eigenvalue weighted by atomic mass is 16.1. The second kappa shape index (κ2) is 3.76. The number of hydrogen-bond acceptors (Lipinski definition) is 1. The van der Waals surface area contributed by atoms with Gasteiger partial charge in [-0.25, -0.2) is 0 Å². The Balaban J connectivity index is 2.12. The van der Waals surface area contributed by atoms with Gasteiger partial charge in [-0.15, -0.1) is 0 Å². The summed E-state index contributed by atoms with van der Waals surface area (Å²) >= 11 is 0. The summed E-state index contributed by atoms with van der Waals surface area (Å²) in [5.74, 6) is 1.49. The van der Waals surface area contributed by atoms with Crippen molar-refractivity contribution in [3.63, 3.8) is 0 Å². The van der Waals surface area contributed by atoms with Crippen LogP contribution < -0.4 is 5.73 Å². The summed E-state index contributed by atoms with van der Waals surface area (Å²) in [4.78, 5) is 11.1. The summed E-state index contributed by atoms with van der Waals surface area (Å²) in [6.07, 6.45) is 7.76. The average molecular weight is 193 g/mol. The molecule has 0 radical (unpaired) electrons. The van der Waals surface area contributed by atoms with Crippen LogP contribution in [-0.4, -0.2) is 5.91 Å². The summed E-state index contributed by atoms with van der Waals surface area (Å²) in [5, 5.41) is 0. The van der Waals surface area contributed by atoms with Crippen LogP contribution in [0.25, 0.3) is 0 Å². The highest BCUT2D eigenvalue weighted by Gasteiger charge is 2.33. The summed E-state index contributed by atoms with van der Waals surface area (Å²) < 4.78 is 0. The van der Waals surface area contributed by atoms with Crippen molar-refractivity contribution in [2.75, 3.05) is 0 Å². The molecular formula is C12H19NO. The molecule has 2 aliphatic carbocycles. The molecular weight excluding hydrogens is 174 g/mol. The van der Waals surface area contributed by atoms with E-state index in [1.54, 1.807) is 0 Å². The van der Waals surface area contributed by atoms with Gasteiger partial charge in [0.2, 0.25) is 5.91 Å². The van der Waals surface area contributed by atoms with E-state index in [0.717, 1.165) is 30.3 Å². The lowest BCUT2D eigenvalue weighted by atomic mass is 9.82. The lowest BCUT2D eigenvalue weighted by Crippen LogP contribution is -2.13. The molecule has 0 heterocycles. The molecule has 0 aliphatic heterocycles. The van der Waals surface area contributed by atoms with Crippen LogP contribution in [0.15, 0.2) is 11.1 Å². The fourth-order valence-corrected chi connectivity index (χ4v) is 3.02. The Morgan fingerprint density at radius 3 is 2.14 bits per heavy atom. The van der Waals surface area contributed by atoms with Crippen LogP contribution in [0, 0.1) is 11.8 Å². The van der Waals surface area contributed by atoms with Crippen LogP contribution in [0.5, 0.6) is 0 Å². The van der Waals surface area contributed by atoms with Gasteiger partial charge in [-0.05, 0) is 44.4 Å². The molecule has 0 unspecified atom stereocenters. The molecule has 2 rings (SSSR count). The largest absolute Gasteiger partial charge is 0.366 e. The summed E-state index contributed by atoms with van der Waals surface area (Å²) in [7, 11) is 0. The maximum absolute atomic E-state index is 11.1. The zero-order valence-electron chi connectivity index (χ0n) is 8.88. The molecule has 78 valence electrons. The number of allylic oxidation sites excluding steroid dienone is 1. The molecule has 2 heteroatoms. The maximum atomic E-state index is 11.1. The van der Waals surface area contributed by atoms with Gasteiger partial charge in [0, 0.05) is 5.57 Å². The molecule has 0 bridgehead atoms. The molecule has 0 saturated heterocycles. The zero-order valence-corrected chi connectivity index (χ0v) is 8.88. The van der Waals surface area contributed by atoms with Crippen LogP contribution in [0.4, 0.5) is 0 Å². The third kappa shape index (κ3) is 1.70. The predicted molar refractivity (Wildman–Crippen MR) is 56.6 cm³/mol. The highest BCUT2D eigenvalue weighted by molar-refractivity contribution is 5.92. The van der Waals surface area contributed by atoms with Gasteiger partial charge in [0.15, 0.2) is 0 Å². The molecule has 14 heavy (non-hydrogen) atoms. The summed E-state index contributed by atoms with van der Waals surface area (Å²) in [6, 6.07) is 0. The molecule has 0 spiro atoms. The van der Waals surface area contributed by atoms with E-state index in [0.29, 0.717) is 0 Å². The smallest absolute Gasteiger partial charge is 0.244 e. The first kappa shape index (κ1) is 9.75. The van der Waals surface area contributed by atoms with E-state index in [2.05, 4.69) is 0 Å². The average Bonchev–Trinajstić information content (AvgIpc) is 2.59. The Hall–Kier alpha value is -0.790. The van der Waals surface area contributed by atoms with E-state index in [1.807, 2.05) is 6.92 Å². The molecule has 1 amide bonds. The van der Waals surface area contributed by atoms with Crippen LogP contribution in [0.2, 0.25) is 0 Å². The quantitative estimate of drug-likeness (QED) is 0.638. The molecule has 2 fully saturated rings. The number of carbonyl (C=O) groups is 1. The molecule has 2 saturated carbocycles. The van der Waals surface area contributed by atoms with Gasteiger partial charge in [0.05, 0.1) is 0 Å². The Morgan fingerprint density at radius 1 is 1.21 bits per heavy atom. The minimum Gasteiger partial charge on any atom is -0.366 e. The van der Waals surface area contributed by atoms with Gasteiger partial charge >= 0.3 is 0 Å². The normalized spacial score (nSPS) is 31.4. The fourth-order valence-electron chi connectivity index (χ4n) is 3.02. The number of primary amides is 1. The lowest BCUT2D eigenvalue weighted by molar-refractivity contribution is -0.114. The molecule has 0 aromatic rings. The Bertz CT molecular complexity index is 264. The number of hydrogen-bond donors (Lipinski definition) is 1.